The summed E-state index contributed by atoms with van der Waals surface area (Å²) in [4.78, 5) is 4.89. The molecular weight excluding hydrogens is 440 g/mol. The van der Waals surface area contributed by atoms with Gasteiger partial charge in [-0.25, -0.2) is 0 Å². The number of hydrogen-bond donors (Lipinski definition) is 0. The van der Waals surface area contributed by atoms with E-state index < -0.39 is 0 Å². The fraction of sp³-hybridized carbons (Fsp3) is 0.586. The zero-order valence-electron chi connectivity index (χ0n) is 20.6. The first-order chi connectivity index (χ1) is 17.3. The van der Waals surface area contributed by atoms with E-state index in [9.17, 15) is 0 Å². The van der Waals surface area contributed by atoms with Crippen molar-refractivity contribution in [3.63, 3.8) is 0 Å². The number of benzene rings is 2. The molecular formula is C29H38N2O4. The molecule has 2 aromatic rings. The minimum atomic E-state index is 0.361. The summed E-state index contributed by atoms with van der Waals surface area (Å²) in [6.07, 6.45) is 7.03. The summed E-state index contributed by atoms with van der Waals surface area (Å²) < 4.78 is 22.8. The second-order valence-corrected chi connectivity index (χ2v) is 10.4. The van der Waals surface area contributed by atoms with Crippen LogP contribution in [-0.2, 0) is 25.4 Å². The van der Waals surface area contributed by atoms with Crippen LogP contribution in [-0.4, -0.2) is 77.0 Å². The van der Waals surface area contributed by atoms with E-state index in [2.05, 4.69) is 58.3 Å². The maximum absolute atomic E-state index is 5.71. The SMILES string of the molecule is c1cc(N(CC2CCO2)CC2CCO2)ccc1Cc1ccc(N(CC2CCO2)CC2CCO2)cc1. The number of rotatable bonds is 12. The summed E-state index contributed by atoms with van der Waals surface area (Å²) in [6, 6.07) is 18.1. The van der Waals surface area contributed by atoms with Crippen LogP contribution in [0.25, 0.3) is 0 Å². The Bertz CT molecular complexity index is 825. The molecule has 0 radical (unpaired) electrons. The summed E-state index contributed by atoms with van der Waals surface area (Å²) in [7, 11) is 0. The molecule has 6 heteroatoms. The highest BCUT2D eigenvalue weighted by molar-refractivity contribution is 5.51. The summed E-state index contributed by atoms with van der Waals surface area (Å²) in [6.45, 7) is 7.41. The number of anilines is 2. The average molecular weight is 479 g/mol. The molecule has 4 aliphatic heterocycles. The standard InChI is InChI=1S/C29H38N2O4/c1-5-24(30(18-26-9-13-32-26)19-27-10-14-33-27)6-2-22(1)17-23-3-7-25(8-4-23)31(20-28-11-15-34-28)21-29-12-16-35-29/h1-8,26-29H,9-21H2. The van der Waals surface area contributed by atoms with Crippen molar-refractivity contribution in [2.75, 3.05) is 62.4 Å². The lowest BCUT2D eigenvalue weighted by molar-refractivity contribution is -0.0574. The number of nitrogens with zero attached hydrogens (tertiary/aromatic N) is 2. The Morgan fingerprint density at radius 1 is 0.486 bits per heavy atom. The largest absolute Gasteiger partial charge is 0.376 e. The van der Waals surface area contributed by atoms with Crippen LogP contribution in [0.15, 0.2) is 48.5 Å². The van der Waals surface area contributed by atoms with Gasteiger partial charge in [0.1, 0.15) is 0 Å². The van der Waals surface area contributed by atoms with Crippen LogP contribution in [0.3, 0.4) is 0 Å². The van der Waals surface area contributed by atoms with E-state index in [0.29, 0.717) is 24.4 Å². The Balaban J connectivity index is 1.08. The molecule has 4 aliphatic rings. The first kappa shape index (κ1) is 23.3. The molecule has 4 saturated heterocycles. The minimum absolute atomic E-state index is 0.361. The van der Waals surface area contributed by atoms with Gasteiger partial charge < -0.3 is 28.7 Å². The normalized spacial score (nSPS) is 27.2. The van der Waals surface area contributed by atoms with Crippen molar-refractivity contribution < 1.29 is 18.9 Å². The van der Waals surface area contributed by atoms with E-state index in [1.165, 1.54) is 22.5 Å². The highest BCUT2D eigenvalue weighted by Crippen LogP contribution is 2.26. The average Bonchev–Trinajstić information content (AvgIpc) is 2.76. The molecule has 0 N–H and O–H groups in total. The molecule has 0 aromatic heterocycles. The fourth-order valence-corrected chi connectivity index (χ4v) is 5.15. The summed E-state index contributed by atoms with van der Waals surface area (Å²) in [5.41, 5.74) is 5.21. The van der Waals surface area contributed by atoms with Crippen molar-refractivity contribution in [3.8, 4) is 0 Å². The zero-order chi connectivity index (χ0) is 23.5. The quantitative estimate of drug-likeness (QED) is 0.459. The molecule has 4 unspecified atom stereocenters. The number of hydrogen-bond acceptors (Lipinski definition) is 6. The van der Waals surface area contributed by atoms with E-state index in [4.69, 9.17) is 18.9 Å². The van der Waals surface area contributed by atoms with Gasteiger partial charge in [0.2, 0.25) is 0 Å². The van der Waals surface area contributed by atoms with Gasteiger partial charge in [0, 0.05) is 64.0 Å². The third kappa shape index (κ3) is 5.83. The Morgan fingerprint density at radius 2 is 0.771 bits per heavy atom. The fourth-order valence-electron chi connectivity index (χ4n) is 5.15. The smallest absolute Gasteiger partial charge is 0.0771 e. The molecule has 0 spiro atoms. The highest BCUT2D eigenvalue weighted by atomic mass is 16.5. The van der Waals surface area contributed by atoms with E-state index >= 15 is 0 Å². The summed E-state index contributed by atoms with van der Waals surface area (Å²) in [5, 5.41) is 0. The van der Waals surface area contributed by atoms with E-state index in [1.54, 1.807) is 0 Å². The van der Waals surface area contributed by atoms with Crippen LogP contribution in [0.1, 0.15) is 36.8 Å². The van der Waals surface area contributed by atoms with Gasteiger partial charge >= 0.3 is 0 Å². The maximum Gasteiger partial charge on any atom is 0.0771 e. The van der Waals surface area contributed by atoms with Gasteiger partial charge in [-0.3, -0.25) is 0 Å². The Kier molecular flexibility index (Phi) is 7.23. The molecule has 4 fully saturated rings. The topological polar surface area (TPSA) is 43.4 Å². The van der Waals surface area contributed by atoms with Crippen molar-refractivity contribution >= 4 is 11.4 Å². The second kappa shape index (κ2) is 10.9. The van der Waals surface area contributed by atoms with Crippen molar-refractivity contribution in [2.45, 2.75) is 56.5 Å². The van der Waals surface area contributed by atoms with Gasteiger partial charge in [0.05, 0.1) is 24.4 Å². The Hall–Kier alpha value is -2.12. The molecule has 6 rings (SSSR count). The first-order valence-corrected chi connectivity index (χ1v) is 13.4. The van der Waals surface area contributed by atoms with Crippen LogP contribution >= 0.6 is 0 Å². The predicted molar refractivity (Wildman–Crippen MR) is 138 cm³/mol. The summed E-state index contributed by atoms with van der Waals surface area (Å²) in [5.74, 6) is 0. The van der Waals surface area contributed by atoms with E-state index in [0.717, 1.165) is 84.7 Å². The summed E-state index contributed by atoms with van der Waals surface area (Å²) >= 11 is 0. The molecule has 0 amide bonds. The molecule has 6 nitrogen and oxygen atoms in total. The van der Waals surface area contributed by atoms with Gasteiger partial charge in [-0.1, -0.05) is 24.3 Å². The van der Waals surface area contributed by atoms with Gasteiger partial charge in [-0.05, 0) is 67.5 Å². The molecule has 4 atom stereocenters. The van der Waals surface area contributed by atoms with Crippen LogP contribution < -0.4 is 9.80 Å². The van der Waals surface area contributed by atoms with Crippen LogP contribution in [0, 0.1) is 0 Å². The first-order valence-electron chi connectivity index (χ1n) is 13.4. The molecule has 0 aliphatic carbocycles. The van der Waals surface area contributed by atoms with Gasteiger partial charge in [-0.2, -0.15) is 0 Å². The molecule has 0 saturated carbocycles. The van der Waals surface area contributed by atoms with Crippen molar-refractivity contribution in [1.82, 2.24) is 0 Å². The van der Waals surface area contributed by atoms with Gasteiger partial charge in [0.15, 0.2) is 0 Å². The lowest BCUT2D eigenvalue weighted by atomic mass is 10.0. The predicted octanol–water partition coefficient (Wildman–Crippen LogP) is 4.05. The van der Waals surface area contributed by atoms with E-state index in [1.807, 2.05) is 0 Å². The minimum Gasteiger partial charge on any atom is -0.376 e. The van der Waals surface area contributed by atoms with Crippen LogP contribution in [0.4, 0.5) is 11.4 Å². The van der Waals surface area contributed by atoms with Crippen molar-refractivity contribution in [3.05, 3.63) is 59.7 Å². The van der Waals surface area contributed by atoms with Gasteiger partial charge in [0.25, 0.3) is 0 Å². The molecule has 2 aromatic carbocycles. The van der Waals surface area contributed by atoms with E-state index in [-0.39, 0.29) is 0 Å². The molecule has 35 heavy (non-hydrogen) atoms. The molecule has 188 valence electrons. The highest BCUT2D eigenvalue weighted by Gasteiger charge is 2.28. The Morgan fingerprint density at radius 3 is 1.00 bits per heavy atom. The lowest BCUT2D eigenvalue weighted by Crippen LogP contribution is -2.46. The lowest BCUT2D eigenvalue weighted by Gasteiger charge is -2.38. The molecule has 4 heterocycles. The zero-order valence-corrected chi connectivity index (χ0v) is 20.6. The monoisotopic (exact) mass is 478 g/mol. The molecule has 0 bridgehead atoms. The maximum atomic E-state index is 5.71. The third-order valence-corrected chi connectivity index (χ3v) is 7.88. The van der Waals surface area contributed by atoms with Crippen LogP contribution in [0.5, 0.6) is 0 Å². The van der Waals surface area contributed by atoms with Crippen molar-refractivity contribution in [1.29, 1.82) is 0 Å². The second-order valence-electron chi connectivity index (χ2n) is 10.4. The van der Waals surface area contributed by atoms with Crippen LogP contribution in [0.2, 0.25) is 0 Å². The van der Waals surface area contributed by atoms with Crippen molar-refractivity contribution in [2.24, 2.45) is 0 Å². The van der Waals surface area contributed by atoms with Gasteiger partial charge in [-0.15, -0.1) is 0 Å². The third-order valence-electron chi connectivity index (χ3n) is 7.88. The Labute approximate surface area is 209 Å². The number of ether oxygens (including phenoxy) is 4.